The number of thiophene rings is 1. The van der Waals surface area contributed by atoms with Gasteiger partial charge in [0.25, 0.3) is 0 Å². The van der Waals surface area contributed by atoms with E-state index in [0.29, 0.717) is 0 Å². The molecule has 3 aromatic heterocycles. The van der Waals surface area contributed by atoms with Crippen molar-refractivity contribution in [2.24, 2.45) is 0 Å². The highest BCUT2D eigenvalue weighted by molar-refractivity contribution is 7.26. The summed E-state index contributed by atoms with van der Waals surface area (Å²) in [6.45, 7) is 0. The van der Waals surface area contributed by atoms with E-state index in [9.17, 15) is 0 Å². The molecule has 3 heteroatoms. The van der Waals surface area contributed by atoms with E-state index < -0.39 is 0 Å². The summed E-state index contributed by atoms with van der Waals surface area (Å²) in [6.07, 6.45) is 0. The molecule has 0 saturated heterocycles. The number of pyridine rings is 1. The van der Waals surface area contributed by atoms with Crippen molar-refractivity contribution >= 4 is 64.2 Å². The Labute approximate surface area is 211 Å². The number of aromatic nitrogens is 2. The van der Waals surface area contributed by atoms with Crippen molar-refractivity contribution in [2.45, 2.75) is 0 Å². The molecule has 0 aliphatic carbocycles. The maximum atomic E-state index is 5.23. The van der Waals surface area contributed by atoms with Gasteiger partial charge in [-0.25, -0.2) is 4.98 Å². The first-order chi connectivity index (χ1) is 17.9. The fourth-order valence-corrected chi connectivity index (χ4v) is 6.85. The van der Waals surface area contributed by atoms with E-state index in [2.05, 4.69) is 126 Å². The summed E-state index contributed by atoms with van der Waals surface area (Å²) in [5.74, 6) is 0.948. The second-order valence-corrected chi connectivity index (χ2v) is 10.2. The molecule has 2 nitrogen and oxygen atoms in total. The molecule has 168 valence electrons. The standard InChI is InChI=1S/C33H20N2S/c1-2-9-21(10-3-1)22-13-8-14-28-23(22)19-20-31(34-28)35-29-15-6-4-11-24(29)26-17-18-27-25-12-5-7-16-30(25)36-33(27)32(26)35/h1-20H. The molecule has 0 aliphatic rings. The summed E-state index contributed by atoms with van der Waals surface area (Å²) in [6, 6.07) is 43.3. The zero-order chi connectivity index (χ0) is 23.6. The molecular weight excluding hydrogens is 456 g/mol. The summed E-state index contributed by atoms with van der Waals surface area (Å²) in [5.41, 5.74) is 5.84. The molecular formula is C33H20N2S. The highest BCUT2D eigenvalue weighted by atomic mass is 32.1. The number of para-hydroxylation sites is 1. The van der Waals surface area contributed by atoms with Gasteiger partial charge in [0.05, 0.1) is 21.3 Å². The molecule has 0 unspecified atom stereocenters. The second kappa shape index (κ2) is 7.51. The first-order valence-corrected chi connectivity index (χ1v) is 13.0. The van der Waals surface area contributed by atoms with Gasteiger partial charge >= 0.3 is 0 Å². The lowest BCUT2D eigenvalue weighted by atomic mass is 10.0. The Hall–Kier alpha value is -4.47. The summed E-state index contributed by atoms with van der Waals surface area (Å²) in [4.78, 5) is 5.23. The molecule has 0 bridgehead atoms. The van der Waals surface area contributed by atoms with Crippen LogP contribution in [0.5, 0.6) is 0 Å². The molecule has 8 rings (SSSR count). The van der Waals surface area contributed by atoms with Gasteiger partial charge in [-0.2, -0.15) is 0 Å². The van der Waals surface area contributed by atoms with Gasteiger partial charge in [-0.15, -0.1) is 11.3 Å². The van der Waals surface area contributed by atoms with Gasteiger partial charge in [-0.3, -0.25) is 4.57 Å². The lowest BCUT2D eigenvalue weighted by Gasteiger charge is -2.11. The van der Waals surface area contributed by atoms with Crippen LogP contribution in [0, 0.1) is 0 Å². The first-order valence-electron chi connectivity index (χ1n) is 12.2. The Balaban J connectivity index is 1.48. The zero-order valence-electron chi connectivity index (χ0n) is 19.3. The number of fused-ring (bicyclic) bond motifs is 8. The predicted octanol–water partition coefficient (Wildman–Crippen LogP) is 9.37. The average molecular weight is 477 g/mol. The van der Waals surface area contributed by atoms with Gasteiger partial charge in [0.15, 0.2) is 0 Å². The van der Waals surface area contributed by atoms with E-state index in [1.54, 1.807) is 0 Å². The highest BCUT2D eigenvalue weighted by Gasteiger charge is 2.18. The minimum atomic E-state index is 0.948. The topological polar surface area (TPSA) is 17.8 Å². The van der Waals surface area contributed by atoms with Gasteiger partial charge in [-0.05, 0) is 41.5 Å². The molecule has 0 fully saturated rings. The molecule has 0 atom stereocenters. The number of hydrogen-bond acceptors (Lipinski definition) is 2. The van der Waals surface area contributed by atoms with Crippen LogP contribution in [0.1, 0.15) is 0 Å². The number of benzene rings is 5. The summed E-state index contributed by atoms with van der Waals surface area (Å²) < 4.78 is 4.98. The monoisotopic (exact) mass is 476 g/mol. The third-order valence-corrected chi connectivity index (χ3v) is 8.40. The summed E-state index contributed by atoms with van der Waals surface area (Å²) >= 11 is 1.87. The third kappa shape index (κ3) is 2.75. The molecule has 0 spiro atoms. The lowest BCUT2D eigenvalue weighted by molar-refractivity contribution is 1.11. The summed E-state index contributed by atoms with van der Waals surface area (Å²) in [5, 5.41) is 6.31. The van der Waals surface area contributed by atoms with Crippen LogP contribution in [-0.2, 0) is 0 Å². The molecule has 0 aliphatic heterocycles. The van der Waals surface area contributed by atoms with Crippen molar-refractivity contribution in [3.05, 3.63) is 121 Å². The Morgan fingerprint density at radius 1 is 0.528 bits per heavy atom. The smallest absolute Gasteiger partial charge is 0.138 e. The van der Waals surface area contributed by atoms with Crippen LogP contribution in [0.4, 0.5) is 0 Å². The van der Waals surface area contributed by atoms with E-state index in [4.69, 9.17) is 4.98 Å². The van der Waals surface area contributed by atoms with E-state index >= 15 is 0 Å². The van der Waals surface area contributed by atoms with Gasteiger partial charge in [0.1, 0.15) is 5.82 Å². The lowest BCUT2D eigenvalue weighted by Crippen LogP contribution is -1.98. The Morgan fingerprint density at radius 2 is 1.28 bits per heavy atom. The molecule has 0 amide bonds. The molecule has 0 radical (unpaired) electrons. The number of hydrogen-bond donors (Lipinski definition) is 0. The zero-order valence-corrected chi connectivity index (χ0v) is 20.2. The summed E-state index contributed by atoms with van der Waals surface area (Å²) in [7, 11) is 0. The van der Waals surface area contributed by atoms with Crippen LogP contribution in [0.3, 0.4) is 0 Å². The average Bonchev–Trinajstić information content (AvgIpc) is 3.49. The fourth-order valence-electron chi connectivity index (χ4n) is 5.61. The van der Waals surface area contributed by atoms with Crippen LogP contribution in [0.15, 0.2) is 121 Å². The molecule has 8 aromatic rings. The van der Waals surface area contributed by atoms with Crippen LogP contribution < -0.4 is 0 Å². The largest absolute Gasteiger partial charge is 0.292 e. The van der Waals surface area contributed by atoms with Gasteiger partial charge in [0, 0.05) is 31.6 Å². The molecule has 3 heterocycles. The van der Waals surface area contributed by atoms with E-state index in [1.807, 2.05) is 11.3 Å². The van der Waals surface area contributed by atoms with E-state index in [0.717, 1.165) is 11.3 Å². The van der Waals surface area contributed by atoms with Crippen molar-refractivity contribution in [3.63, 3.8) is 0 Å². The minimum Gasteiger partial charge on any atom is -0.292 e. The van der Waals surface area contributed by atoms with Crippen LogP contribution >= 0.6 is 11.3 Å². The highest BCUT2D eigenvalue weighted by Crippen LogP contribution is 2.42. The third-order valence-electron chi connectivity index (χ3n) is 7.21. The fraction of sp³-hybridized carbons (Fsp3) is 0. The SMILES string of the molecule is c1ccc(-c2cccc3nc(-n4c5ccccc5c5ccc6c7ccccc7sc6c54)ccc23)cc1. The van der Waals surface area contributed by atoms with Crippen molar-refractivity contribution in [2.75, 3.05) is 0 Å². The molecule has 0 N–H and O–H groups in total. The van der Waals surface area contributed by atoms with Crippen molar-refractivity contribution in [1.82, 2.24) is 9.55 Å². The van der Waals surface area contributed by atoms with Gasteiger partial charge in [-0.1, -0.05) is 91.0 Å². The van der Waals surface area contributed by atoms with Crippen molar-refractivity contribution in [3.8, 4) is 16.9 Å². The van der Waals surface area contributed by atoms with E-state index in [-0.39, 0.29) is 0 Å². The predicted molar refractivity (Wildman–Crippen MR) is 154 cm³/mol. The Bertz CT molecular complexity index is 2100. The maximum absolute atomic E-state index is 5.23. The van der Waals surface area contributed by atoms with Crippen molar-refractivity contribution in [1.29, 1.82) is 0 Å². The van der Waals surface area contributed by atoms with Gasteiger partial charge < -0.3 is 0 Å². The normalized spacial score (nSPS) is 11.9. The second-order valence-electron chi connectivity index (χ2n) is 9.20. The maximum Gasteiger partial charge on any atom is 0.138 e. The van der Waals surface area contributed by atoms with Crippen LogP contribution in [-0.4, -0.2) is 9.55 Å². The van der Waals surface area contributed by atoms with E-state index in [1.165, 1.54) is 58.5 Å². The Morgan fingerprint density at radius 3 is 2.19 bits per heavy atom. The van der Waals surface area contributed by atoms with Crippen LogP contribution in [0.25, 0.3) is 69.8 Å². The number of nitrogens with zero attached hydrogens (tertiary/aromatic N) is 2. The minimum absolute atomic E-state index is 0.948. The Kier molecular flexibility index (Phi) is 4.13. The molecule has 5 aromatic carbocycles. The van der Waals surface area contributed by atoms with Crippen LogP contribution in [0.2, 0.25) is 0 Å². The van der Waals surface area contributed by atoms with Gasteiger partial charge in [0.2, 0.25) is 0 Å². The molecule has 36 heavy (non-hydrogen) atoms. The number of rotatable bonds is 2. The quantitative estimate of drug-likeness (QED) is 0.243. The first kappa shape index (κ1) is 19.8. The molecule has 0 saturated carbocycles. The van der Waals surface area contributed by atoms with Crippen molar-refractivity contribution < 1.29 is 0 Å².